The van der Waals surface area contributed by atoms with Gasteiger partial charge in [-0.2, -0.15) is 0 Å². The predicted molar refractivity (Wildman–Crippen MR) is 88.6 cm³/mol. The molecule has 7 heteroatoms. The van der Waals surface area contributed by atoms with Gasteiger partial charge in [-0.25, -0.2) is 4.98 Å². The zero-order valence-electron chi connectivity index (χ0n) is 12.5. The largest absolute Gasteiger partial charge is 0.369 e. The van der Waals surface area contributed by atoms with Gasteiger partial charge in [0.15, 0.2) is 5.13 Å². The van der Waals surface area contributed by atoms with Gasteiger partial charge in [0.1, 0.15) is 0 Å². The molecule has 116 valence electrons. The molecule has 0 atom stereocenters. The molecule has 0 unspecified atom stereocenters. The van der Waals surface area contributed by atoms with E-state index in [1.54, 1.807) is 23.7 Å². The summed E-state index contributed by atoms with van der Waals surface area (Å²) in [5.41, 5.74) is 7.88. The van der Waals surface area contributed by atoms with Gasteiger partial charge in [-0.3, -0.25) is 9.78 Å². The second kappa shape index (κ2) is 6.31. The van der Waals surface area contributed by atoms with Crippen LogP contribution in [0, 0.1) is 6.92 Å². The molecular formula is C15H19N5OS. The van der Waals surface area contributed by atoms with E-state index in [2.05, 4.69) is 25.1 Å². The SMILES string of the molecule is Cc1csc(N2CCCN(c3ccncc3C(N)=O)CC2)n1. The molecule has 1 fully saturated rings. The fourth-order valence-electron chi connectivity index (χ4n) is 2.69. The highest BCUT2D eigenvalue weighted by atomic mass is 32.1. The zero-order chi connectivity index (χ0) is 15.5. The van der Waals surface area contributed by atoms with E-state index in [1.807, 2.05) is 13.0 Å². The molecule has 0 spiro atoms. The minimum atomic E-state index is -0.431. The second-order valence-corrected chi connectivity index (χ2v) is 6.19. The monoisotopic (exact) mass is 317 g/mol. The highest BCUT2D eigenvalue weighted by molar-refractivity contribution is 7.13. The standard InChI is InChI=1S/C15H19N5OS/c1-11-10-22-15(18-11)20-6-2-5-19(7-8-20)13-3-4-17-9-12(13)14(16)21/h3-4,9-10H,2,5-8H2,1H3,(H2,16,21). The van der Waals surface area contributed by atoms with Crippen LogP contribution in [0.1, 0.15) is 22.5 Å². The van der Waals surface area contributed by atoms with Crippen molar-refractivity contribution in [2.45, 2.75) is 13.3 Å². The topological polar surface area (TPSA) is 75.3 Å². The maximum atomic E-state index is 11.6. The Balaban J connectivity index is 1.77. The number of primary amides is 1. The van der Waals surface area contributed by atoms with E-state index in [0.717, 1.165) is 49.1 Å². The third kappa shape index (κ3) is 3.04. The molecule has 0 bridgehead atoms. The number of nitrogens with two attached hydrogens (primary N) is 1. The summed E-state index contributed by atoms with van der Waals surface area (Å²) in [4.78, 5) is 24.7. The summed E-state index contributed by atoms with van der Waals surface area (Å²) in [5.74, 6) is -0.431. The lowest BCUT2D eigenvalue weighted by atomic mass is 10.2. The number of carbonyl (C=O) groups excluding carboxylic acids is 1. The average molecular weight is 317 g/mol. The van der Waals surface area contributed by atoms with Gasteiger partial charge in [0.05, 0.1) is 16.9 Å². The average Bonchev–Trinajstić information content (AvgIpc) is 2.81. The van der Waals surface area contributed by atoms with Gasteiger partial charge in [-0.15, -0.1) is 11.3 Å². The van der Waals surface area contributed by atoms with Gasteiger partial charge in [-0.1, -0.05) is 0 Å². The lowest BCUT2D eigenvalue weighted by molar-refractivity contribution is 0.100. The molecule has 1 amide bonds. The van der Waals surface area contributed by atoms with Crippen molar-refractivity contribution in [2.75, 3.05) is 36.0 Å². The highest BCUT2D eigenvalue weighted by Gasteiger charge is 2.20. The Bertz CT molecular complexity index is 671. The van der Waals surface area contributed by atoms with Gasteiger partial charge in [0.25, 0.3) is 5.91 Å². The van der Waals surface area contributed by atoms with Crippen LogP contribution in [0.5, 0.6) is 0 Å². The minimum Gasteiger partial charge on any atom is -0.369 e. The van der Waals surface area contributed by atoms with Gasteiger partial charge in [0, 0.05) is 44.0 Å². The number of carbonyl (C=O) groups is 1. The molecule has 1 saturated heterocycles. The van der Waals surface area contributed by atoms with E-state index in [-0.39, 0.29) is 0 Å². The third-order valence-electron chi connectivity index (χ3n) is 3.78. The van der Waals surface area contributed by atoms with Crippen molar-refractivity contribution in [2.24, 2.45) is 5.73 Å². The second-order valence-electron chi connectivity index (χ2n) is 5.36. The molecule has 6 nitrogen and oxygen atoms in total. The zero-order valence-corrected chi connectivity index (χ0v) is 13.3. The third-order valence-corrected chi connectivity index (χ3v) is 4.80. The molecular weight excluding hydrogens is 298 g/mol. The molecule has 2 aromatic rings. The molecule has 3 heterocycles. The van der Waals surface area contributed by atoms with Crippen LogP contribution in [0.25, 0.3) is 0 Å². The van der Waals surface area contributed by atoms with E-state index in [4.69, 9.17) is 5.73 Å². The van der Waals surface area contributed by atoms with Crippen molar-refractivity contribution in [1.29, 1.82) is 0 Å². The first-order valence-electron chi connectivity index (χ1n) is 7.31. The lowest BCUT2D eigenvalue weighted by Gasteiger charge is -2.24. The summed E-state index contributed by atoms with van der Waals surface area (Å²) < 4.78 is 0. The normalized spacial score (nSPS) is 15.7. The van der Waals surface area contributed by atoms with Crippen LogP contribution >= 0.6 is 11.3 Å². The van der Waals surface area contributed by atoms with Crippen LogP contribution in [0.4, 0.5) is 10.8 Å². The molecule has 0 aromatic carbocycles. The Morgan fingerprint density at radius 3 is 2.77 bits per heavy atom. The Morgan fingerprint density at radius 1 is 1.27 bits per heavy atom. The van der Waals surface area contributed by atoms with Gasteiger partial charge >= 0.3 is 0 Å². The lowest BCUT2D eigenvalue weighted by Crippen LogP contribution is -2.32. The Morgan fingerprint density at radius 2 is 2.05 bits per heavy atom. The van der Waals surface area contributed by atoms with Crippen LogP contribution in [0.3, 0.4) is 0 Å². The van der Waals surface area contributed by atoms with Crippen molar-refractivity contribution in [3.8, 4) is 0 Å². The number of rotatable bonds is 3. The quantitative estimate of drug-likeness (QED) is 0.932. The summed E-state index contributed by atoms with van der Waals surface area (Å²) in [5, 5.41) is 3.15. The van der Waals surface area contributed by atoms with E-state index in [1.165, 1.54) is 0 Å². The Hall–Kier alpha value is -2.15. The van der Waals surface area contributed by atoms with Crippen molar-refractivity contribution in [3.05, 3.63) is 35.1 Å². The first kappa shape index (κ1) is 14.8. The van der Waals surface area contributed by atoms with Crippen LogP contribution in [0.15, 0.2) is 23.8 Å². The van der Waals surface area contributed by atoms with Crippen molar-refractivity contribution in [3.63, 3.8) is 0 Å². The number of anilines is 2. The van der Waals surface area contributed by atoms with E-state index < -0.39 is 5.91 Å². The fraction of sp³-hybridized carbons (Fsp3) is 0.400. The van der Waals surface area contributed by atoms with E-state index >= 15 is 0 Å². The molecule has 22 heavy (non-hydrogen) atoms. The number of nitrogens with zero attached hydrogens (tertiary/aromatic N) is 4. The highest BCUT2D eigenvalue weighted by Crippen LogP contribution is 2.24. The molecule has 0 radical (unpaired) electrons. The summed E-state index contributed by atoms with van der Waals surface area (Å²) in [7, 11) is 0. The molecule has 1 aliphatic heterocycles. The van der Waals surface area contributed by atoms with Crippen LogP contribution in [-0.4, -0.2) is 42.1 Å². The van der Waals surface area contributed by atoms with Gasteiger partial charge < -0.3 is 15.5 Å². The Kier molecular flexibility index (Phi) is 4.24. The van der Waals surface area contributed by atoms with Crippen molar-refractivity contribution < 1.29 is 4.79 Å². The maximum Gasteiger partial charge on any atom is 0.252 e. The summed E-state index contributed by atoms with van der Waals surface area (Å²) >= 11 is 1.68. The van der Waals surface area contributed by atoms with Crippen LogP contribution < -0.4 is 15.5 Å². The van der Waals surface area contributed by atoms with Gasteiger partial charge in [-0.05, 0) is 19.4 Å². The Labute approximate surface area is 133 Å². The summed E-state index contributed by atoms with van der Waals surface area (Å²) in [6.45, 7) is 5.60. The molecule has 0 saturated carbocycles. The van der Waals surface area contributed by atoms with Crippen molar-refractivity contribution in [1.82, 2.24) is 9.97 Å². The number of thiazole rings is 1. The van der Waals surface area contributed by atoms with E-state index in [0.29, 0.717) is 5.56 Å². The van der Waals surface area contributed by atoms with Gasteiger partial charge in [0.2, 0.25) is 0 Å². The maximum absolute atomic E-state index is 11.6. The molecule has 1 aliphatic rings. The fourth-order valence-corrected chi connectivity index (χ4v) is 3.55. The molecule has 2 aromatic heterocycles. The number of aryl methyl sites for hydroxylation is 1. The first-order chi connectivity index (χ1) is 10.6. The summed E-state index contributed by atoms with van der Waals surface area (Å²) in [6, 6.07) is 1.86. The van der Waals surface area contributed by atoms with Crippen LogP contribution in [0.2, 0.25) is 0 Å². The van der Waals surface area contributed by atoms with E-state index in [9.17, 15) is 4.79 Å². The number of aromatic nitrogens is 2. The number of hydrogen-bond acceptors (Lipinski definition) is 6. The summed E-state index contributed by atoms with van der Waals surface area (Å²) in [6.07, 6.45) is 4.26. The number of pyridine rings is 1. The van der Waals surface area contributed by atoms with Crippen LogP contribution in [-0.2, 0) is 0 Å². The number of hydrogen-bond donors (Lipinski definition) is 1. The predicted octanol–water partition coefficient (Wildman–Crippen LogP) is 1.66. The molecule has 3 rings (SSSR count). The molecule has 2 N–H and O–H groups in total. The van der Waals surface area contributed by atoms with Crippen molar-refractivity contribution >= 4 is 28.1 Å². The smallest absolute Gasteiger partial charge is 0.252 e. The first-order valence-corrected chi connectivity index (χ1v) is 8.19. The number of amides is 1. The minimum absolute atomic E-state index is 0.431. The molecule has 0 aliphatic carbocycles.